The Labute approximate surface area is 171 Å². The number of anilines is 1. The van der Waals surface area contributed by atoms with Gasteiger partial charge < -0.3 is 5.32 Å². The molecule has 1 radical (unpaired) electrons. The molecule has 1 aromatic rings. The molecule has 1 saturated heterocycles. The first-order valence-corrected chi connectivity index (χ1v) is 11.2. The quantitative estimate of drug-likeness (QED) is 0.615. The van der Waals surface area contributed by atoms with Gasteiger partial charge in [0.15, 0.2) is 0 Å². The van der Waals surface area contributed by atoms with Gasteiger partial charge in [-0.2, -0.15) is 0 Å². The Hall–Kier alpha value is 0.514. The molecule has 5 heteroatoms. The molecule has 2 nitrogen and oxygen atoms in total. The Morgan fingerprint density at radius 2 is 1.74 bits per heavy atom. The molecular formula is C18H28ClNOPY+. The van der Waals surface area contributed by atoms with Gasteiger partial charge in [0.1, 0.15) is 5.66 Å². The van der Waals surface area contributed by atoms with Gasteiger partial charge in [0.25, 0.3) is 5.91 Å². The number of carbonyl (C=O) groups is 1. The molecule has 23 heavy (non-hydrogen) atoms. The number of halogens is 1. The third-order valence-electron chi connectivity index (χ3n) is 5.18. The Morgan fingerprint density at radius 3 is 2.17 bits per heavy atom. The number of carbonyl (C=O) groups excluding carboxylic acids is 1. The van der Waals surface area contributed by atoms with Gasteiger partial charge in [-0.25, -0.2) is 0 Å². The average molecular weight is 430 g/mol. The number of amides is 1. The molecule has 1 amide bonds. The molecule has 125 valence electrons. The normalized spacial score (nSPS) is 17.4. The van der Waals surface area contributed by atoms with Crippen molar-refractivity contribution in [2.45, 2.75) is 52.6 Å². The topological polar surface area (TPSA) is 29.1 Å². The predicted octanol–water partition coefficient (Wildman–Crippen LogP) is 5.50. The molecule has 2 rings (SSSR count). The minimum absolute atomic E-state index is 0. The van der Waals surface area contributed by atoms with Crippen molar-refractivity contribution in [2.75, 3.05) is 23.8 Å². The van der Waals surface area contributed by atoms with E-state index in [1.165, 1.54) is 31.3 Å². The molecule has 1 aromatic carbocycles. The maximum absolute atomic E-state index is 13.0. The van der Waals surface area contributed by atoms with Gasteiger partial charge in [-0.1, -0.05) is 18.5 Å². The van der Waals surface area contributed by atoms with E-state index in [1.807, 2.05) is 26.0 Å². The smallest absolute Gasteiger partial charge is 0.265 e. The summed E-state index contributed by atoms with van der Waals surface area (Å²) in [7, 11) is -1.11. The molecule has 1 N–H and O–H groups in total. The van der Waals surface area contributed by atoms with Gasteiger partial charge in [-0.15, -0.1) is 0 Å². The van der Waals surface area contributed by atoms with Crippen LogP contribution in [-0.4, -0.2) is 30.1 Å². The first-order chi connectivity index (χ1) is 10.4. The molecule has 0 spiro atoms. The molecule has 0 bridgehead atoms. The van der Waals surface area contributed by atoms with Crippen LogP contribution in [0.5, 0.6) is 0 Å². The number of benzene rings is 1. The SMILES string of the molecule is CCC(C(=O)Nc1c(C)cc(Cl)cc1C)[P+]1(CC)CCCC1.[Y]. The van der Waals surface area contributed by atoms with Crippen LogP contribution in [0.4, 0.5) is 5.69 Å². The maximum atomic E-state index is 13.0. The van der Waals surface area contributed by atoms with Crippen molar-refractivity contribution in [3.8, 4) is 0 Å². The van der Waals surface area contributed by atoms with Crippen LogP contribution in [0.2, 0.25) is 5.02 Å². The van der Waals surface area contributed by atoms with Crippen LogP contribution in [0, 0.1) is 13.8 Å². The fourth-order valence-electron chi connectivity index (χ4n) is 3.95. The zero-order valence-corrected chi connectivity index (χ0v) is 19.3. The summed E-state index contributed by atoms with van der Waals surface area (Å²) in [4.78, 5) is 13.0. The number of hydrogen-bond acceptors (Lipinski definition) is 1. The molecule has 0 aromatic heterocycles. The summed E-state index contributed by atoms with van der Waals surface area (Å²) in [5.74, 6) is 0.230. The second kappa shape index (κ2) is 9.28. The number of hydrogen-bond donors (Lipinski definition) is 1. The summed E-state index contributed by atoms with van der Waals surface area (Å²) in [6.07, 6.45) is 7.38. The van der Waals surface area contributed by atoms with E-state index in [1.54, 1.807) is 0 Å². The summed E-state index contributed by atoms with van der Waals surface area (Å²) < 4.78 is 0. The average Bonchev–Trinajstić information content (AvgIpc) is 2.93. The third kappa shape index (κ3) is 4.78. The van der Waals surface area contributed by atoms with Gasteiger partial charge in [0.05, 0.1) is 18.5 Å². The Kier molecular flexibility index (Phi) is 8.70. The van der Waals surface area contributed by atoms with Crippen LogP contribution < -0.4 is 5.32 Å². The van der Waals surface area contributed by atoms with Crippen molar-refractivity contribution in [1.82, 2.24) is 0 Å². The molecule has 1 aliphatic heterocycles. The van der Waals surface area contributed by atoms with Gasteiger partial charge in [0.2, 0.25) is 0 Å². The molecule has 1 aliphatic rings. The minimum atomic E-state index is -1.11. The molecule has 1 atom stereocenters. The maximum Gasteiger partial charge on any atom is 0.265 e. The summed E-state index contributed by atoms with van der Waals surface area (Å²) in [5, 5.41) is 3.95. The van der Waals surface area contributed by atoms with Crippen molar-refractivity contribution < 1.29 is 37.5 Å². The van der Waals surface area contributed by atoms with Crippen LogP contribution >= 0.6 is 18.9 Å². The van der Waals surface area contributed by atoms with Gasteiger partial charge in [-0.05, 0) is 63.3 Å². The van der Waals surface area contributed by atoms with Crippen LogP contribution in [-0.2, 0) is 37.5 Å². The zero-order chi connectivity index (χ0) is 16.3. The van der Waals surface area contributed by atoms with Gasteiger partial charge in [-0.3, -0.25) is 4.79 Å². The van der Waals surface area contributed by atoms with Crippen LogP contribution in [0.25, 0.3) is 0 Å². The number of rotatable bonds is 5. The van der Waals surface area contributed by atoms with Crippen molar-refractivity contribution in [2.24, 2.45) is 0 Å². The number of aryl methyl sites for hydroxylation is 2. The second-order valence-corrected chi connectivity index (χ2v) is 11.5. The van der Waals surface area contributed by atoms with Gasteiger partial charge >= 0.3 is 0 Å². The first-order valence-electron chi connectivity index (χ1n) is 8.37. The van der Waals surface area contributed by atoms with Crippen LogP contribution in [0.15, 0.2) is 12.1 Å². The standard InChI is InChI=1S/C18H27ClNOP.Y/c1-5-16(22(6-2)9-7-8-10-22)18(21)20-17-13(3)11-15(19)12-14(17)4;/h11-12,16H,5-10H2,1-4H3;/p+1. The molecule has 1 fully saturated rings. The predicted molar refractivity (Wildman–Crippen MR) is 100 cm³/mol. The van der Waals surface area contributed by atoms with E-state index in [4.69, 9.17) is 11.6 Å². The molecule has 1 heterocycles. The fraction of sp³-hybridized carbons (Fsp3) is 0.611. The van der Waals surface area contributed by atoms with Crippen molar-refractivity contribution in [3.05, 3.63) is 28.3 Å². The van der Waals surface area contributed by atoms with E-state index < -0.39 is 7.26 Å². The van der Waals surface area contributed by atoms with Crippen LogP contribution in [0.3, 0.4) is 0 Å². The fourth-order valence-corrected chi connectivity index (χ4v) is 9.24. The summed E-state index contributed by atoms with van der Waals surface area (Å²) >= 11 is 6.09. The Balaban J connectivity index is 0.00000264. The van der Waals surface area contributed by atoms with E-state index in [2.05, 4.69) is 19.2 Å². The summed E-state index contributed by atoms with van der Waals surface area (Å²) in [5.41, 5.74) is 3.25. The third-order valence-corrected chi connectivity index (χ3v) is 11.0. The molecule has 1 unspecified atom stereocenters. The summed E-state index contributed by atoms with van der Waals surface area (Å²) in [6.45, 7) is 8.47. The Morgan fingerprint density at radius 1 is 1.22 bits per heavy atom. The second-order valence-electron chi connectivity index (χ2n) is 6.52. The first kappa shape index (κ1) is 21.6. The van der Waals surface area contributed by atoms with E-state index in [0.717, 1.165) is 28.3 Å². The van der Waals surface area contributed by atoms with E-state index in [9.17, 15) is 4.79 Å². The zero-order valence-electron chi connectivity index (χ0n) is 14.8. The van der Waals surface area contributed by atoms with Crippen molar-refractivity contribution in [1.29, 1.82) is 0 Å². The van der Waals surface area contributed by atoms with Crippen molar-refractivity contribution in [3.63, 3.8) is 0 Å². The Bertz CT molecular complexity index is 535. The van der Waals surface area contributed by atoms with Crippen molar-refractivity contribution >= 4 is 30.5 Å². The largest absolute Gasteiger partial charge is 0.322 e. The minimum Gasteiger partial charge on any atom is -0.322 e. The molecule has 0 aliphatic carbocycles. The molecule has 0 saturated carbocycles. The van der Waals surface area contributed by atoms with E-state index in [0.29, 0.717) is 0 Å². The van der Waals surface area contributed by atoms with Crippen LogP contribution in [0.1, 0.15) is 44.2 Å². The summed E-state index contributed by atoms with van der Waals surface area (Å²) in [6, 6.07) is 3.84. The van der Waals surface area contributed by atoms with Gasteiger partial charge in [0, 0.05) is 50.7 Å². The molecular weight excluding hydrogens is 402 g/mol. The van der Waals surface area contributed by atoms with E-state index >= 15 is 0 Å². The monoisotopic (exact) mass is 429 g/mol. The number of nitrogens with one attached hydrogen (secondary N) is 1. The van der Waals surface area contributed by atoms with E-state index in [-0.39, 0.29) is 44.3 Å².